The molecule has 1 heterocycles. The standard InChI is InChI=1S/C10H11ClO2S/c1-6(2)7(5-10(12)13)8-3-4-9(11)14-8/h3-6H,1-2H3,(H,12,13)/b7-5-. The summed E-state index contributed by atoms with van der Waals surface area (Å²) in [6.45, 7) is 3.92. The van der Waals surface area contributed by atoms with Gasteiger partial charge in [0.05, 0.1) is 4.34 Å². The van der Waals surface area contributed by atoms with Crippen LogP contribution in [0.4, 0.5) is 0 Å². The Bertz CT molecular complexity index is 366. The van der Waals surface area contributed by atoms with Gasteiger partial charge >= 0.3 is 5.97 Å². The van der Waals surface area contributed by atoms with E-state index in [1.54, 1.807) is 6.07 Å². The van der Waals surface area contributed by atoms with Crippen molar-refractivity contribution in [1.29, 1.82) is 0 Å². The molecule has 4 heteroatoms. The van der Waals surface area contributed by atoms with Crippen molar-refractivity contribution < 1.29 is 9.90 Å². The van der Waals surface area contributed by atoms with Gasteiger partial charge in [0.25, 0.3) is 0 Å². The highest BCUT2D eigenvalue weighted by molar-refractivity contribution is 7.17. The predicted octanol–water partition coefficient (Wildman–Crippen LogP) is 3.53. The minimum absolute atomic E-state index is 0.181. The van der Waals surface area contributed by atoms with Gasteiger partial charge in [-0.25, -0.2) is 4.79 Å². The lowest BCUT2D eigenvalue weighted by atomic mass is 10.0. The average Bonchev–Trinajstić information content (AvgIpc) is 2.46. The number of hydrogen-bond donors (Lipinski definition) is 1. The van der Waals surface area contributed by atoms with Crippen molar-refractivity contribution in [2.75, 3.05) is 0 Å². The summed E-state index contributed by atoms with van der Waals surface area (Å²) < 4.78 is 0.678. The summed E-state index contributed by atoms with van der Waals surface area (Å²) in [5.41, 5.74) is 0.814. The molecule has 0 aliphatic carbocycles. The van der Waals surface area contributed by atoms with Gasteiger partial charge in [-0.2, -0.15) is 0 Å². The zero-order valence-electron chi connectivity index (χ0n) is 7.95. The molecule has 0 spiro atoms. The Morgan fingerprint density at radius 2 is 2.21 bits per heavy atom. The van der Waals surface area contributed by atoms with Crippen molar-refractivity contribution >= 4 is 34.5 Å². The van der Waals surface area contributed by atoms with Crippen LogP contribution in [0.25, 0.3) is 5.57 Å². The first-order valence-corrected chi connectivity index (χ1v) is 5.40. The number of rotatable bonds is 3. The highest BCUT2D eigenvalue weighted by Gasteiger charge is 2.10. The smallest absolute Gasteiger partial charge is 0.328 e. The second-order valence-corrected chi connectivity index (χ2v) is 4.91. The third-order valence-electron chi connectivity index (χ3n) is 1.76. The molecule has 1 rings (SSSR count). The second-order valence-electron chi connectivity index (χ2n) is 3.20. The van der Waals surface area contributed by atoms with Gasteiger partial charge in [0, 0.05) is 11.0 Å². The Morgan fingerprint density at radius 1 is 1.57 bits per heavy atom. The molecule has 0 bridgehead atoms. The predicted molar refractivity (Wildman–Crippen MR) is 59.8 cm³/mol. The number of carboxylic acid groups (broad SMARTS) is 1. The van der Waals surface area contributed by atoms with Crippen molar-refractivity contribution in [3.8, 4) is 0 Å². The van der Waals surface area contributed by atoms with Crippen molar-refractivity contribution in [3.05, 3.63) is 27.4 Å². The van der Waals surface area contributed by atoms with Crippen LogP contribution < -0.4 is 0 Å². The summed E-state index contributed by atoms with van der Waals surface area (Å²) in [4.78, 5) is 11.5. The molecule has 0 unspecified atom stereocenters. The van der Waals surface area contributed by atoms with Crippen molar-refractivity contribution in [2.24, 2.45) is 5.92 Å². The fourth-order valence-corrected chi connectivity index (χ4v) is 2.33. The molecule has 76 valence electrons. The van der Waals surface area contributed by atoms with Crippen LogP contribution in [0.1, 0.15) is 18.7 Å². The molecule has 0 fully saturated rings. The molecule has 1 aromatic rings. The van der Waals surface area contributed by atoms with E-state index in [0.29, 0.717) is 4.34 Å². The van der Waals surface area contributed by atoms with Gasteiger partial charge in [-0.3, -0.25) is 0 Å². The van der Waals surface area contributed by atoms with E-state index in [-0.39, 0.29) is 5.92 Å². The molecule has 0 aliphatic heterocycles. The summed E-state index contributed by atoms with van der Waals surface area (Å²) >= 11 is 7.19. The van der Waals surface area contributed by atoms with E-state index in [4.69, 9.17) is 16.7 Å². The molecule has 1 N–H and O–H groups in total. The molecule has 0 radical (unpaired) electrons. The lowest BCUT2D eigenvalue weighted by molar-refractivity contribution is -0.131. The quantitative estimate of drug-likeness (QED) is 0.807. The third-order valence-corrected chi connectivity index (χ3v) is 3.04. The van der Waals surface area contributed by atoms with Crippen LogP contribution in [0, 0.1) is 5.92 Å². The zero-order chi connectivity index (χ0) is 10.7. The van der Waals surface area contributed by atoms with Gasteiger partial charge < -0.3 is 5.11 Å². The molecule has 14 heavy (non-hydrogen) atoms. The number of carbonyl (C=O) groups is 1. The first-order chi connectivity index (χ1) is 6.50. The Labute approximate surface area is 91.8 Å². The van der Waals surface area contributed by atoms with Gasteiger partial charge in [-0.15, -0.1) is 11.3 Å². The molecule has 0 saturated heterocycles. The van der Waals surface area contributed by atoms with E-state index >= 15 is 0 Å². The SMILES string of the molecule is CC(C)/C(=C/C(=O)O)c1ccc(Cl)s1. The molecular formula is C10H11ClO2S. The number of hydrogen-bond acceptors (Lipinski definition) is 2. The van der Waals surface area contributed by atoms with Crippen molar-refractivity contribution in [1.82, 2.24) is 0 Å². The summed E-state index contributed by atoms with van der Waals surface area (Å²) in [7, 11) is 0. The molecule has 0 aromatic carbocycles. The van der Waals surface area contributed by atoms with E-state index in [9.17, 15) is 4.79 Å². The number of thiophene rings is 1. The van der Waals surface area contributed by atoms with E-state index in [2.05, 4.69) is 0 Å². The Hall–Kier alpha value is -0.800. The summed E-state index contributed by atoms with van der Waals surface area (Å²) in [6, 6.07) is 3.63. The monoisotopic (exact) mass is 230 g/mol. The maximum absolute atomic E-state index is 10.6. The molecule has 2 nitrogen and oxygen atoms in total. The average molecular weight is 231 g/mol. The lowest BCUT2D eigenvalue weighted by Gasteiger charge is -2.07. The Balaban J connectivity index is 3.06. The second kappa shape index (κ2) is 4.62. The number of aliphatic carboxylic acids is 1. The van der Waals surface area contributed by atoms with Gasteiger partial charge in [0.2, 0.25) is 0 Å². The summed E-state index contributed by atoms with van der Waals surface area (Å²) in [5, 5.41) is 8.70. The topological polar surface area (TPSA) is 37.3 Å². The molecular weight excluding hydrogens is 220 g/mol. The minimum Gasteiger partial charge on any atom is -0.478 e. The maximum atomic E-state index is 10.6. The van der Waals surface area contributed by atoms with Crippen molar-refractivity contribution in [3.63, 3.8) is 0 Å². The van der Waals surface area contributed by atoms with Crippen LogP contribution >= 0.6 is 22.9 Å². The van der Waals surface area contributed by atoms with Crippen LogP contribution in [0.3, 0.4) is 0 Å². The maximum Gasteiger partial charge on any atom is 0.328 e. The van der Waals surface area contributed by atoms with Crippen molar-refractivity contribution in [2.45, 2.75) is 13.8 Å². The van der Waals surface area contributed by atoms with E-state index in [1.807, 2.05) is 19.9 Å². The van der Waals surface area contributed by atoms with Crippen LogP contribution in [0.2, 0.25) is 4.34 Å². The summed E-state index contributed by atoms with van der Waals surface area (Å²) in [6.07, 6.45) is 1.24. The normalized spacial score (nSPS) is 12.1. The largest absolute Gasteiger partial charge is 0.478 e. The van der Waals surface area contributed by atoms with E-state index in [1.165, 1.54) is 17.4 Å². The molecule has 0 aliphatic rings. The first-order valence-electron chi connectivity index (χ1n) is 4.21. The molecule has 0 atom stereocenters. The summed E-state index contributed by atoms with van der Waals surface area (Å²) in [5.74, 6) is -0.737. The number of allylic oxidation sites excluding steroid dienone is 1. The minimum atomic E-state index is -0.918. The van der Waals surface area contributed by atoms with Crippen LogP contribution in [-0.2, 0) is 4.79 Å². The fraction of sp³-hybridized carbons (Fsp3) is 0.300. The van der Waals surface area contributed by atoms with Gasteiger partial charge in [0.1, 0.15) is 0 Å². The van der Waals surface area contributed by atoms with Crippen LogP contribution in [0.5, 0.6) is 0 Å². The van der Waals surface area contributed by atoms with Gasteiger partial charge in [0.15, 0.2) is 0 Å². The molecule has 0 amide bonds. The van der Waals surface area contributed by atoms with E-state index < -0.39 is 5.97 Å². The third kappa shape index (κ3) is 2.86. The van der Waals surface area contributed by atoms with Gasteiger partial charge in [-0.05, 0) is 23.6 Å². The number of carboxylic acids is 1. The van der Waals surface area contributed by atoms with E-state index in [0.717, 1.165) is 10.5 Å². The lowest BCUT2D eigenvalue weighted by Crippen LogP contribution is -1.96. The molecule has 1 aromatic heterocycles. The fourth-order valence-electron chi connectivity index (χ4n) is 1.12. The van der Waals surface area contributed by atoms with Crippen LogP contribution in [-0.4, -0.2) is 11.1 Å². The van der Waals surface area contributed by atoms with Gasteiger partial charge in [-0.1, -0.05) is 25.4 Å². The first kappa shape index (κ1) is 11.3. The highest BCUT2D eigenvalue weighted by atomic mass is 35.5. The Morgan fingerprint density at radius 3 is 2.57 bits per heavy atom. The zero-order valence-corrected chi connectivity index (χ0v) is 9.52. The van der Waals surface area contributed by atoms with Crippen LogP contribution in [0.15, 0.2) is 18.2 Å². The number of halogens is 1. The highest BCUT2D eigenvalue weighted by Crippen LogP contribution is 2.31. The Kier molecular flexibility index (Phi) is 3.72. The molecule has 0 saturated carbocycles.